The van der Waals surface area contributed by atoms with Gasteiger partial charge in [0.1, 0.15) is 0 Å². The molecule has 2 rings (SSSR count). The van der Waals surface area contributed by atoms with Gasteiger partial charge in [0.05, 0.1) is 16.9 Å². The Bertz CT molecular complexity index is 644. The van der Waals surface area contributed by atoms with Gasteiger partial charge >= 0.3 is 6.18 Å². The average molecular weight is 297 g/mol. The van der Waals surface area contributed by atoms with Gasteiger partial charge in [-0.2, -0.15) is 13.2 Å². The SMILES string of the molecule is CCC(=O)c1nnn(-c2ccc(C(F)(F)F)cc2)c1CC. The fourth-order valence-corrected chi connectivity index (χ4v) is 2.00. The number of hydrogen-bond donors (Lipinski definition) is 0. The zero-order valence-corrected chi connectivity index (χ0v) is 11.6. The van der Waals surface area contributed by atoms with Crippen LogP contribution in [0.15, 0.2) is 24.3 Å². The second-order valence-electron chi connectivity index (χ2n) is 4.47. The lowest BCUT2D eigenvalue weighted by Crippen LogP contribution is -2.07. The van der Waals surface area contributed by atoms with Gasteiger partial charge in [-0.3, -0.25) is 4.79 Å². The number of nitrogens with zero attached hydrogens (tertiary/aromatic N) is 3. The van der Waals surface area contributed by atoms with E-state index >= 15 is 0 Å². The molecule has 0 aliphatic rings. The molecule has 0 atom stereocenters. The zero-order valence-electron chi connectivity index (χ0n) is 11.6. The normalized spacial score (nSPS) is 11.7. The van der Waals surface area contributed by atoms with Crippen LogP contribution in [0.1, 0.15) is 42.0 Å². The molecule has 7 heteroatoms. The molecule has 1 aromatic carbocycles. The van der Waals surface area contributed by atoms with Gasteiger partial charge in [-0.25, -0.2) is 4.68 Å². The second kappa shape index (κ2) is 5.67. The van der Waals surface area contributed by atoms with Crippen LogP contribution in [-0.2, 0) is 12.6 Å². The first-order chi connectivity index (χ1) is 9.88. The summed E-state index contributed by atoms with van der Waals surface area (Å²) in [5.74, 6) is -0.134. The molecule has 0 aliphatic heterocycles. The molecule has 4 nitrogen and oxygen atoms in total. The number of rotatable bonds is 4. The van der Waals surface area contributed by atoms with Crippen molar-refractivity contribution in [1.82, 2.24) is 15.0 Å². The Morgan fingerprint density at radius 2 is 1.81 bits per heavy atom. The van der Waals surface area contributed by atoms with E-state index in [0.29, 0.717) is 24.2 Å². The minimum atomic E-state index is -4.38. The van der Waals surface area contributed by atoms with E-state index in [0.717, 1.165) is 12.1 Å². The van der Waals surface area contributed by atoms with Crippen LogP contribution in [0.3, 0.4) is 0 Å². The molecule has 0 radical (unpaired) electrons. The Morgan fingerprint density at radius 3 is 2.29 bits per heavy atom. The highest BCUT2D eigenvalue weighted by molar-refractivity contribution is 5.95. The molecular formula is C14H14F3N3O. The topological polar surface area (TPSA) is 47.8 Å². The number of hydrogen-bond acceptors (Lipinski definition) is 3. The van der Waals surface area contributed by atoms with Crippen LogP contribution in [0.2, 0.25) is 0 Å². The highest BCUT2D eigenvalue weighted by Gasteiger charge is 2.30. The summed E-state index contributed by atoms with van der Waals surface area (Å²) in [6.45, 7) is 3.56. The zero-order chi connectivity index (χ0) is 15.6. The molecule has 0 saturated heterocycles. The van der Waals surface area contributed by atoms with Crippen LogP contribution in [0.4, 0.5) is 13.2 Å². The second-order valence-corrected chi connectivity index (χ2v) is 4.47. The molecule has 0 unspecified atom stereocenters. The Balaban J connectivity index is 2.43. The minimum absolute atomic E-state index is 0.134. The van der Waals surface area contributed by atoms with Gasteiger partial charge in [0.15, 0.2) is 11.5 Å². The van der Waals surface area contributed by atoms with Crippen LogP contribution < -0.4 is 0 Å². The van der Waals surface area contributed by atoms with Gasteiger partial charge in [-0.15, -0.1) is 5.10 Å². The lowest BCUT2D eigenvalue weighted by atomic mass is 10.1. The molecule has 0 fully saturated rings. The Hall–Kier alpha value is -2.18. The monoisotopic (exact) mass is 297 g/mol. The van der Waals surface area contributed by atoms with Crippen molar-refractivity contribution in [2.45, 2.75) is 32.9 Å². The van der Waals surface area contributed by atoms with Gasteiger partial charge in [0, 0.05) is 6.42 Å². The number of halogens is 3. The Kier molecular flexibility index (Phi) is 4.11. The Morgan fingerprint density at radius 1 is 1.19 bits per heavy atom. The fraction of sp³-hybridized carbons (Fsp3) is 0.357. The summed E-state index contributed by atoms with van der Waals surface area (Å²) in [7, 11) is 0. The predicted molar refractivity (Wildman–Crippen MR) is 70.4 cm³/mol. The van der Waals surface area contributed by atoms with E-state index < -0.39 is 11.7 Å². The third-order valence-corrected chi connectivity index (χ3v) is 3.12. The first kappa shape index (κ1) is 15.2. The van der Waals surface area contributed by atoms with E-state index in [9.17, 15) is 18.0 Å². The van der Waals surface area contributed by atoms with E-state index in [1.165, 1.54) is 16.8 Å². The molecule has 112 valence electrons. The van der Waals surface area contributed by atoms with Gasteiger partial charge in [0.2, 0.25) is 0 Å². The summed E-state index contributed by atoms with van der Waals surface area (Å²) in [6.07, 6.45) is -3.56. The molecule has 1 heterocycles. The van der Waals surface area contributed by atoms with E-state index in [4.69, 9.17) is 0 Å². The molecule has 0 amide bonds. The van der Waals surface area contributed by atoms with Gasteiger partial charge in [0.25, 0.3) is 0 Å². The van der Waals surface area contributed by atoms with Crippen LogP contribution >= 0.6 is 0 Å². The van der Waals surface area contributed by atoms with Crippen molar-refractivity contribution in [2.75, 3.05) is 0 Å². The third-order valence-electron chi connectivity index (χ3n) is 3.12. The summed E-state index contributed by atoms with van der Waals surface area (Å²) in [5, 5.41) is 7.73. The van der Waals surface area contributed by atoms with E-state index in [-0.39, 0.29) is 11.5 Å². The lowest BCUT2D eigenvalue weighted by molar-refractivity contribution is -0.137. The summed E-state index contributed by atoms with van der Waals surface area (Å²) in [5.41, 5.74) is 0.596. The van der Waals surface area contributed by atoms with Gasteiger partial charge in [-0.05, 0) is 30.7 Å². The first-order valence-corrected chi connectivity index (χ1v) is 6.53. The predicted octanol–water partition coefficient (Wildman–Crippen LogP) is 3.44. The molecular weight excluding hydrogens is 283 g/mol. The standard InChI is InChI=1S/C14H14F3N3O/c1-3-11-13(12(21)4-2)18-19-20(11)10-7-5-9(6-8-10)14(15,16)17/h5-8H,3-4H2,1-2H3. The molecule has 0 saturated carbocycles. The van der Waals surface area contributed by atoms with Crippen molar-refractivity contribution in [2.24, 2.45) is 0 Å². The van der Waals surface area contributed by atoms with Crippen molar-refractivity contribution >= 4 is 5.78 Å². The van der Waals surface area contributed by atoms with Crippen molar-refractivity contribution in [1.29, 1.82) is 0 Å². The van der Waals surface area contributed by atoms with E-state index in [2.05, 4.69) is 10.3 Å². The van der Waals surface area contributed by atoms with Gasteiger partial charge < -0.3 is 0 Å². The highest BCUT2D eigenvalue weighted by atomic mass is 19.4. The fourth-order valence-electron chi connectivity index (χ4n) is 2.00. The molecule has 0 spiro atoms. The van der Waals surface area contributed by atoms with Crippen LogP contribution in [0, 0.1) is 0 Å². The van der Waals surface area contributed by atoms with Crippen LogP contribution in [0.25, 0.3) is 5.69 Å². The maximum absolute atomic E-state index is 12.5. The van der Waals surface area contributed by atoms with E-state index in [1.54, 1.807) is 6.92 Å². The quantitative estimate of drug-likeness (QED) is 0.812. The van der Waals surface area contributed by atoms with Crippen LogP contribution in [0.5, 0.6) is 0 Å². The largest absolute Gasteiger partial charge is 0.416 e. The number of Topliss-reactive ketones (excluding diaryl/α,β-unsaturated/α-hetero) is 1. The number of benzene rings is 1. The number of aromatic nitrogens is 3. The molecule has 0 N–H and O–H groups in total. The minimum Gasteiger partial charge on any atom is -0.292 e. The smallest absolute Gasteiger partial charge is 0.292 e. The molecule has 21 heavy (non-hydrogen) atoms. The maximum Gasteiger partial charge on any atom is 0.416 e. The molecule has 0 aliphatic carbocycles. The summed E-state index contributed by atoms with van der Waals surface area (Å²) in [4.78, 5) is 11.8. The summed E-state index contributed by atoms with van der Waals surface area (Å²) in [6, 6.07) is 4.60. The van der Waals surface area contributed by atoms with Crippen molar-refractivity contribution in [3.05, 3.63) is 41.2 Å². The van der Waals surface area contributed by atoms with Crippen molar-refractivity contribution < 1.29 is 18.0 Å². The van der Waals surface area contributed by atoms with Crippen LogP contribution in [-0.4, -0.2) is 20.8 Å². The number of carbonyl (C=O) groups excluding carboxylic acids is 1. The third kappa shape index (κ3) is 2.96. The molecule has 0 bridgehead atoms. The molecule has 2 aromatic rings. The first-order valence-electron chi connectivity index (χ1n) is 6.53. The average Bonchev–Trinajstić information content (AvgIpc) is 2.89. The Labute approximate surface area is 119 Å². The summed E-state index contributed by atoms with van der Waals surface area (Å²) < 4.78 is 39.0. The lowest BCUT2D eigenvalue weighted by Gasteiger charge is -2.09. The highest BCUT2D eigenvalue weighted by Crippen LogP contribution is 2.29. The maximum atomic E-state index is 12.5. The number of alkyl halides is 3. The van der Waals surface area contributed by atoms with E-state index in [1.807, 2.05) is 6.92 Å². The van der Waals surface area contributed by atoms with Crippen molar-refractivity contribution in [3.8, 4) is 5.69 Å². The molecule has 1 aromatic heterocycles. The number of carbonyl (C=O) groups is 1. The van der Waals surface area contributed by atoms with Gasteiger partial charge in [-0.1, -0.05) is 19.1 Å². The van der Waals surface area contributed by atoms with Crippen molar-refractivity contribution in [3.63, 3.8) is 0 Å². The summed E-state index contributed by atoms with van der Waals surface area (Å²) >= 11 is 0. The number of ketones is 1.